The summed E-state index contributed by atoms with van der Waals surface area (Å²) in [6.07, 6.45) is 6.36. The van der Waals surface area contributed by atoms with E-state index in [1.165, 1.54) is 16.8 Å². The Labute approximate surface area is 105 Å². The lowest BCUT2D eigenvalue weighted by Crippen LogP contribution is -2.21. The molecule has 1 aromatic carbocycles. The second-order valence-electron chi connectivity index (χ2n) is 4.37. The zero-order valence-corrected chi connectivity index (χ0v) is 11.4. The minimum atomic E-state index is 1.06. The summed E-state index contributed by atoms with van der Waals surface area (Å²) in [4.78, 5) is 2.35. The molecule has 0 heterocycles. The number of benzene rings is 1. The summed E-state index contributed by atoms with van der Waals surface area (Å²) < 4.78 is 0. The number of rotatable bonds is 5. The van der Waals surface area contributed by atoms with Crippen molar-refractivity contribution < 1.29 is 0 Å². The van der Waals surface area contributed by atoms with Crippen molar-refractivity contribution in [3.05, 3.63) is 47.6 Å². The minimum Gasteiger partial charge on any atom is -0.372 e. The van der Waals surface area contributed by atoms with Crippen molar-refractivity contribution in [2.75, 3.05) is 18.0 Å². The number of hydrogen-bond donors (Lipinski definition) is 0. The minimum absolute atomic E-state index is 1.06. The van der Waals surface area contributed by atoms with Crippen LogP contribution in [0.1, 0.15) is 33.3 Å². The molecule has 1 heteroatoms. The maximum Gasteiger partial charge on any atom is 0.0366 e. The first-order valence-electron chi connectivity index (χ1n) is 6.34. The molecule has 17 heavy (non-hydrogen) atoms. The van der Waals surface area contributed by atoms with E-state index in [0.29, 0.717) is 0 Å². The Morgan fingerprint density at radius 2 is 1.65 bits per heavy atom. The van der Waals surface area contributed by atoms with Gasteiger partial charge in [-0.1, -0.05) is 35.9 Å². The molecule has 0 aliphatic rings. The molecule has 0 radical (unpaired) electrons. The summed E-state index contributed by atoms with van der Waals surface area (Å²) in [5, 5.41) is 0. The largest absolute Gasteiger partial charge is 0.372 e. The Hall–Kier alpha value is -1.50. The number of nitrogens with zero attached hydrogens (tertiary/aromatic N) is 1. The zero-order valence-electron chi connectivity index (χ0n) is 11.4. The molecule has 0 spiro atoms. The first kappa shape index (κ1) is 13.6. The van der Waals surface area contributed by atoms with E-state index in [9.17, 15) is 0 Å². The summed E-state index contributed by atoms with van der Waals surface area (Å²) in [6, 6.07) is 8.72. The highest BCUT2D eigenvalue weighted by Gasteiger charge is 1.99. The third-order valence-electron chi connectivity index (χ3n) is 2.74. The van der Waals surface area contributed by atoms with Gasteiger partial charge in [0.25, 0.3) is 0 Å². The lowest BCUT2D eigenvalue weighted by Gasteiger charge is -2.20. The molecule has 0 aromatic heterocycles. The molecule has 0 aliphatic carbocycles. The summed E-state index contributed by atoms with van der Waals surface area (Å²) in [6.45, 7) is 10.7. The van der Waals surface area contributed by atoms with Gasteiger partial charge in [-0.25, -0.2) is 0 Å². The van der Waals surface area contributed by atoms with Gasteiger partial charge in [0, 0.05) is 18.8 Å². The van der Waals surface area contributed by atoms with Gasteiger partial charge in [0.05, 0.1) is 0 Å². The highest BCUT2D eigenvalue weighted by Crippen LogP contribution is 2.15. The normalized spacial score (nSPS) is 10.6. The molecule has 0 bridgehead atoms. The molecule has 1 rings (SSSR count). The Morgan fingerprint density at radius 3 is 2.12 bits per heavy atom. The van der Waals surface area contributed by atoms with Crippen LogP contribution in [-0.4, -0.2) is 13.1 Å². The van der Waals surface area contributed by atoms with Crippen LogP contribution < -0.4 is 4.90 Å². The van der Waals surface area contributed by atoms with Crippen molar-refractivity contribution in [3.8, 4) is 0 Å². The van der Waals surface area contributed by atoms with Crippen molar-refractivity contribution in [1.82, 2.24) is 0 Å². The highest BCUT2D eigenvalue weighted by molar-refractivity contribution is 5.56. The first-order chi connectivity index (χ1) is 8.17. The molecule has 92 valence electrons. The second-order valence-corrected chi connectivity index (χ2v) is 4.37. The van der Waals surface area contributed by atoms with Crippen molar-refractivity contribution in [3.63, 3.8) is 0 Å². The third-order valence-corrected chi connectivity index (χ3v) is 2.74. The fourth-order valence-corrected chi connectivity index (χ4v) is 1.74. The Kier molecular flexibility index (Phi) is 5.55. The number of anilines is 1. The van der Waals surface area contributed by atoms with Crippen molar-refractivity contribution in [1.29, 1.82) is 0 Å². The summed E-state index contributed by atoms with van der Waals surface area (Å²) >= 11 is 0. The Balaban J connectivity index is 2.74. The lowest BCUT2D eigenvalue weighted by molar-refractivity contribution is 0.866. The van der Waals surface area contributed by atoms with Crippen LogP contribution in [0.5, 0.6) is 0 Å². The second kappa shape index (κ2) is 6.95. The Bertz CT molecular complexity index is 376. The molecule has 1 nitrogen and oxygen atoms in total. The quantitative estimate of drug-likeness (QED) is 0.671. The van der Waals surface area contributed by atoms with Gasteiger partial charge in [-0.2, -0.15) is 0 Å². The van der Waals surface area contributed by atoms with Gasteiger partial charge in [0.15, 0.2) is 0 Å². The van der Waals surface area contributed by atoms with Gasteiger partial charge in [-0.05, 0) is 45.4 Å². The first-order valence-corrected chi connectivity index (χ1v) is 6.34. The van der Waals surface area contributed by atoms with E-state index in [-0.39, 0.29) is 0 Å². The SMILES string of the molecule is CCN(CC)c1ccc(C=CC=C(C)C)cc1. The van der Waals surface area contributed by atoms with Crippen LogP contribution in [0.2, 0.25) is 0 Å². The summed E-state index contributed by atoms with van der Waals surface area (Å²) in [5.41, 5.74) is 3.87. The zero-order chi connectivity index (χ0) is 12.7. The summed E-state index contributed by atoms with van der Waals surface area (Å²) in [7, 11) is 0. The van der Waals surface area contributed by atoms with E-state index >= 15 is 0 Å². The van der Waals surface area contributed by atoms with Crippen LogP contribution in [0.15, 0.2) is 42.0 Å². The molecule has 0 amide bonds. The predicted octanol–water partition coefficient (Wildman–Crippen LogP) is 4.51. The molecule has 0 N–H and O–H groups in total. The molecular weight excluding hydrogens is 206 g/mol. The summed E-state index contributed by atoms with van der Waals surface area (Å²) in [5.74, 6) is 0. The lowest BCUT2D eigenvalue weighted by atomic mass is 10.1. The van der Waals surface area contributed by atoms with Crippen LogP contribution >= 0.6 is 0 Å². The van der Waals surface area contributed by atoms with Gasteiger partial charge >= 0.3 is 0 Å². The van der Waals surface area contributed by atoms with E-state index in [0.717, 1.165) is 13.1 Å². The number of allylic oxidation sites excluding steroid dienone is 3. The van der Waals surface area contributed by atoms with Gasteiger partial charge in [0.2, 0.25) is 0 Å². The van der Waals surface area contributed by atoms with Gasteiger partial charge in [-0.15, -0.1) is 0 Å². The van der Waals surface area contributed by atoms with Crippen LogP contribution in [0.4, 0.5) is 5.69 Å². The maximum atomic E-state index is 2.35. The fraction of sp³-hybridized carbons (Fsp3) is 0.375. The standard InChI is InChI=1S/C16H23N/c1-5-17(6-2)16-12-10-15(11-13-16)9-7-8-14(3)4/h7-13H,5-6H2,1-4H3. The van der Waals surface area contributed by atoms with Crippen LogP contribution in [0, 0.1) is 0 Å². The molecule has 0 atom stereocenters. The van der Waals surface area contributed by atoms with Gasteiger partial charge in [0.1, 0.15) is 0 Å². The molecule has 0 fully saturated rings. The smallest absolute Gasteiger partial charge is 0.0366 e. The van der Waals surface area contributed by atoms with Crippen LogP contribution in [0.3, 0.4) is 0 Å². The maximum absolute atomic E-state index is 2.35. The molecule has 0 saturated carbocycles. The van der Waals surface area contributed by atoms with E-state index in [2.05, 4.69) is 75.1 Å². The monoisotopic (exact) mass is 229 g/mol. The average Bonchev–Trinajstić information content (AvgIpc) is 2.32. The molecule has 1 aromatic rings. The predicted molar refractivity (Wildman–Crippen MR) is 78.5 cm³/mol. The van der Waals surface area contributed by atoms with E-state index in [4.69, 9.17) is 0 Å². The molecule has 0 aliphatic heterocycles. The average molecular weight is 229 g/mol. The van der Waals surface area contributed by atoms with Crippen molar-refractivity contribution in [2.45, 2.75) is 27.7 Å². The third kappa shape index (κ3) is 4.48. The van der Waals surface area contributed by atoms with E-state index in [1.54, 1.807) is 0 Å². The Morgan fingerprint density at radius 1 is 1.06 bits per heavy atom. The van der Waals surface area contributed by atoms with E-state index < -0.39 is 0 Å². The van der Waals surface area contributed by atoms with E-state index in [1.807, 2.05) is 0 Å². The molecular formula is C16H23N. The van der Waals surface area contributed by atoms with Crippen molar-refractivity contribution >= 4 is 11.8 Å². The van der Waals surface area contributed by atoms with Crippen molar-refractivity contribution in [2.24, 2.45) is 0 Å². The number of hydrogen-bond acceptors (Lipinski definition) is 1. The highest BCUT2D eigenvalue weighted by atomic mass is 15.1. The van der Waals surface area contributed by atoms with Gasteiger partial charge < -0.3 is 4.90 Å². The topological polar surface area (TPSA) is 3.24 Å². The fourth-order valence-electron chi connectivity index (χ4n) is 1.74. The van der Waals surface area contributed by atoms with Gasteiger partial charge in [-0.3, -0.25) is 0 Å². The molecule has 0 unspecified atom stereocenters. The molecule has 0 saturated heterocycles. The van der Waals surface area contributed by atoms with Crippen LogP contribution in [0.25, 0.3) is 6.08 Å². The van der Waals surface area contributed by atoms with Crippen LogP contribution in [-0.2, 0) is 0 Å².